The van der Waals surface area contributed by atoms with E-state index in [1.807, 2.05) is 48.6 Å². The first kappa shape index (κ1) is 21.6. The van der Waals surface area contributed by atoms with Crippen molar-refractivity contribution in [2.24, 2.45) is 0 Å². The Morgan fingerprint density at radius 3 is 2.43 bits per heavy atom. The normalized spacial score (nSPS) is 10.9. The van der Waals surface area contributed by atoms with Crippen LogP contribution in [0.1, 0.15) is 11.1 Å². The molecule has 1 aromatic heterocycles. The Morgan fingerprint density at radius 2 is 1.73 bits per heavy atom. The fourth-order valence-electron chi connectivity index (χ4n) is 3.46. The zero-order valence-electron chi connectivity index (χ0n) is 16.9. The summed E-state index contributed by atoms with van der Waals surface area (Å²) in [6, 6.07) is 11.5. The van der Waals surface area contributed by atoms with Crippen molar-refractivity contribution in [2.75, 3.05) is 18.4 Å². The highest BCUT2D eigenvalue weighted by atomic mass is 35.5. The number of aromatic hydroxyl groups is 1. The molecule has 0 fully saturated rings. The predicted octanol–water partition coefficient (Wildman–Crippen LogP) is 6.24. The highest BCUT2D eigenvalue weighted by Gasteiger charge is 2.13. The van der Waals surface area contributed by atoms with Gasteiger partial charge in [-0.05, 0) is 42.8 Å². The van der Waals surface area contributed by atoms with Gasteiger partial charge >= 0.3 is 0 Å². The Kier molecular flexibility index (Phi) is 7.28. The average molecular weight is 420 g/mol. The highest BCUT2D eigenvalue weighted by Crippen LogP contribution is 2.32. The summed E-state index contributed by atoms with van der Waals surface area (Å²) >= 11 is 6.11. The molecule has 0 atom stereocenters. The summed E-state index contributed by atoms with van der Waals surface area (Å²) in [7, 11) is 0. The smallest absolute Gasteiger partial charge is 0.123 e. The largest absolute Gasteiger partial charge is 0.507 e. The van der Waals surface area contributed by atoms with E-state index in [1.165, 1.54) is 0 Å². The molecule has 2 N–H and O–H groups in total. The minimum absolute atomic E-state index is 0.296. The molecule has 0 aliphatic rings. The first-order chi connectivity index (χ1) is 14.5. The lowest BCUT2D eigenvalue weighted by atomic mass is 10.0. The van der Waals surface area contributed by atoms with E-state index >= 15 is 0 Å². The lowest BCUT2D eigenvalue weighted by Crippen LogP contribution is -2.23. The number of aromatic nitrogens is 1. The van der Waals surface area contributed by atoms with Crippen molar-refractivity contribution < 1.29 is 5.11 Å². The van der Waals surface area contributed by atoms with Gasteiger partial charge in [0.25, 0.3) is 0 Å². The van der Waals surface area contributed by atoms with Gasteiger partial charge in [-0.15, -0.1) is 19.7 Å². The van der Waals surface area contributed by atoms with Crippen molar-refractivity contribution in [2.45, 2.75) is 13.0 Å². The first-order valence-electron chi connectivity index (χ1n) is 9.76. The van der Waals surface area contributed by atoms with Crippen LogP contribution in [-0.2, 0) is 13.0 Å². The predicted molar refractivity (Wildman–Crippen MR) is 128 cm³/mol. The fourth-order valence-corrected chi connectivity index (χ4v) is 3.63. The Bertz CT molecular complexity index is 1070. The molecule has 0 unspecified atom stereocenters. The van der Waals surface area contributed by atoms with Crippen LogP contribution >= 0.6 is 11.6 Å². The maximum atomic E-state index is 10.8. The number of pyridine rings is 1. The molecule has 0 bridgehead atoms. The topological polar surface area (TPSA) is 48.4 Å². The van der Waals surface area contributed by atoms with Crippen LogP contribution in [0.2, 0.25) is 5.02 Å². The Balaban J connectivity index is 2.00. The summed E-state index contributed by atoms with van der Waals surface area (Å²) in [5.41, 5.74) is 4.29. The van der Waals surface area contributed by atoms with E-state index in [2.05, 4.69) is 34.9 Å². The molecule has 0 radical (unpaired) electrons. The van der Waals surface area contributed by atoms with Gasteiger partial charge in [0.1, 0.15) is 5.75 Å². The zero-order chi connectivity index (χ0) is 21.5. The Labute approximate surface area is 182 Å². The molecule has 0 saturated carbocycles. The van der Waals surface area contributed by atoms with Gasteiger partial charge in [-0.1, -0.05) is 29.8 Å². The molecule has 1 heterocycles. The van der Waals surface area contributed by atoms with Crippen LogP contribution < -0.4 is 5.32 Å². The van der Waals surface area contributed by atoms with Gasteiger partial charge in [-0.2, -0.15) is 0 Å². The van der Waals surface area contributed by atoms with Gasteiger partial charge in [0, 0.05) is 58.7 Å². The number of phenols is 1. The Morgan fingerprint density at radius 1 is 1.00 bits per heavy atom. The summed E-state index contributed by atoms with van der Waals surface area (Å²) in [5.74, 6) is 0.296. The van der Waals surface area contributed by atoms with Gasteiger partial charge in [0.05, 0.1) is 5.52 Å². The van der Waals surface area contributed by atoms with Crippen LogP contribution in [0.5, 0.6) is 5.75 Å². The number of allylic oxidation sites excluding steroid dienone is 1. The van der Waals surface area contributed by atoms with E-state index in [9.17, 15) is 5.11 Å². The first-order valence-corrected chi connectivity index (χ1v) is 10.1. The van der Waals surface area contributed by atoms with Gasteiger partial charge in [0.15, 0.2) is 0 Å². The molecule has 0 aliphatic carbocycles. The lowest BCUT2D eigenvalue weighted by Gasteiger charge is -2.21. The summed E-state index contributed by atoms with van der Waals surface area (Å²) < 4.78 is 0. The molecule has 3 aromatic rings. The van der Waals surface area contributed by atoms with Crippen molar-refractivity contribution in [3.8, 4) is 5.75 Å². The summed E-state index contributed by atoms with van der Waals surface area (Å²) in [6.07, 6.45) is 7.81. The molecule has 154 valence electrons. The van der Waals surface area contributed by atoms with Crippen molar-refractivity contribution in [1.82, 2.24) is 9.88 Å². The number of benzene rings is 2. The van der Waals surface area contributed by atoms with Crippen LogP contribution in [0.4, 0.5) is 11.4 Å². The second kappa shape index (κ2) is 10.1. The van der Waals surface area contributed by atoms with Crippen molar-refractivity contribution in [3.63, 3.8) is 0 Å². The number of nitrogens with one attached hydrogen (secondary N) is 1. The number of nitrogens with zero attached hydrogens (tertiary/aromatic N) is 2. The number of phenolic OH excluding ortho intramolecular Hbond substituents is 1. The van der Waals surface area contributed by atoms with E-state index in [0.29, 0.717) is 36.8 Å². The SMILES string of the molecule is C=CCc1cc(Nc2ccnc3cc(Cl)ccc23)cc(CN(CC=C)CC=C)c1O. The molecule has 0 spiro atoms. The number of hydrogen-bond acceptors (Lipinski definition) is 4. The molecular formula is C25H26ClN3O. The molecular weight excluding hydrogens is 394 g/mol. The van der Waals surface area contributed by atoms with Gasteiger partial charge in [-0.25, -0.2) is 0 Å². The lowest BCUT2D eigenvalue weighted by molar-refractivity contribution is 0.320. The molecule has 30 heavy (non-hydrogen) atoms. The van der Waals surface area contributed by atoms with E-state index in [-0.39, 0.29) is 0 Å². The average Bonchev–Trinajstić information content (AvgIpc) is 2.72. The van der Waals surface area contributed by atoms with Gasteiger partial charge in [0.2, 0.25) is 0 Å². The minimum atomic E-state index is 0.296. The van der Waals surface area contributed by atoms with Crippen molar-refractivity contribution >= 4 is 33.9 Å². The molecule has 4 nitrogen and oxygen atoms in total. The number of anilines is 2. The van der Waals surface area contributed by atoms with Crippen molar-refractivity contribution in [1.29, 1.82) is 0 Å². The minimum Gasteiger partial charge on any atom is -0.507 e. The molecule has 0 amide bonds. The summed E-state index contributed by atoms with van der Waals surface area (Å²) in [5, 5.41) is 15.9. The van der Waals surface area contributed by atoms with Crippen LogP contribution in [-0.4, -0.2) is 28.1 Å². The van der Waals surface area contributed by atoms with E-state index in [4.69, 9.17) is 11.6 Å². The maximum absolute atomic E-state index is 10.8. The molecule has 0 aliphatic heterocycles. The third kappa shape index (κ3) is 5.09. The summed E-state index contributed by atoms with van der Waals surface area (Å²) in [4.78, 5) is 6.55. The highest BCUT2D eigenvalue weighted by molar-refractivity contribution is 6.31. The molecule has 2 aromatic carbocycles. The molecule has 5 heteroatoms. The standard InChI is InChI=1S/C25H26ClN3O/c1-4-7-18-14-21(15-19(25(18)30)17-29(12-5-2)13-6-3)28-23-10-11-27-24-16-20(26)8-9-22(23)24/h4-6,8-11,14-16,30H,1-3,7,12-13,17H2,(H,27,28). The fraction of sp³-hybridized carbons (Fsp3) is 0.160. The third-order valence-electron chi connectivity index (χ3n) is 4.78. The van der Waals surface area contributed by atoms with Crippen LogP contribution in [0.3, 0.4) is 0 Å². The monoisotopic (exact) mass is 419 g/mol. The van der Waals surface area contributed by atoms with E-state index in [1.54, 1.807) is 12.3 Å². The number of halogens is 1. The van der Waals surface area contributed by atoms with Crippen LogP contribution in [0, 0.1) is 0 Å². The molecule has 3 rings (SSSR count). The van der Waals surface area contributed by atoms with E-state index < -0.39 is 0 Å². The number of hydrogen-bond donors (Lipinski definition) is 2. The second-order valence-corrected chi connectivity index (χ2v) is 7.49. The quantitative estimate of drug-likeness (QED) is 0.301. The zero-order valence-corrected chi connectivity index (χ0v) is 17.7. The maximum Gasteiger partial charge on any atom is 0.123 e. The summed E-state index contributed by atoms with van der Waals surface area (Å²) in [6.45, 7) is 13.5. The van der Waals surface area contributed by atoms with Crippen LogP contribution in [0.15, 0.2) is 80.6 Å². The van der Waals surface area contributed by atoms with E-state index in [0.717, 1.165) is 33.4 Å². The van der Waals surface area contributed by atoms with Crippen molar-refractivity contribution in [3.05, 3.63) is 96.7 Å². The third-order valence-corrected chi connectivity index (χ3v) is 5.02. The van der Waals surface area contributed by atoms with Crippen LogP contribution in [0.25, 0.3) is 10.9 Å². The van der Waals surface area contributed by atoms with Gasteiger partial charge in [-0.3, -0.25) is 9.88 Å². The van der Waals surface area contributed by atoms with Gasteiger partial charge < -0.3 is 10.4 Å². The molecule has 0 saturated heterocycles. The number of rotatable bonds is 10. The Hall–Kier alpha value is -3.08. The number of fused-ring (bicyclic) bond motifs is 1. The second-order valence-electron chi connectivity index (χ2n) is 7.05.